The minimum atomic E-state index is -4.50. The molecule has 164 valence electrons. The summed E-state index contributed by atoms with van der Waals surface area (Å²) in [6.45, 7) is 3.38. The maximum atomic E-state index is 13.5. The van der Waals surface area contributed by atoms with Crippen LogP contribution in [0.4, 0.5) is 17.6 Å². The van der Waals surface area contributed by atoms with Crippen molar-refractivity contribution >= 4 is 16.8 Å². The highest BCUT2D eigenvalue weighted by atomic mass is 19.4. The minimum Gasteiger partial charge on any atom is -0.348 e. The number of alkyl halides is 3. The van der Waals surface area contributed by atoms with Crippen molar-refractivity contribution in [3.63, 3.8) is 0 Å². The van der Waals surface area contributed by atoms with Gasteiger partial charge in [-0.3, -0.25) is 14.2 Å². The fraction of sp³-hybridized carbons (Fsp3) is 0.318. The average Bonchev–Trinajstić information content (AvgIpc) is 2.69. The van der Waals surface area contributed by atoms with Gasteiger partial charge in [0.05, 0.1) is 28.8 Å². The molecule has 1 aromatic heterocycles. The average molecular weight is 435 g/mol. The number of benzene rings is 2. The molecule has 1 unspecified atom stereocenters. The van der Waals surface area contributed by atoms with Gasteiger partial charge in [-0.15, -0.1) is 0 Å². The van der Waals surface area contributed by atoms with Crippen LogP contribution in [0.3, 0.4) is 0 Å². The number of hydrogen-bond acceptors (Lipinski definition) is 3. The second kappa shape index (κ2) is 8.87. The molecule has 0 bridgehead atoms. The molecule has 5 nitrogen and oxygen atoms in total. The van der Waals surface area contributed by atoms with Gasteiger partial charge in [-0.1, -0.05) is 26.0 Å². The van der Waals surface area contributed by atoms with Crippen LogP contribution in [0.25, 0.3) is 10.9 Å². The number of nitrogens with one attached hydrogen (secondary N) is 1. The largest absolute Gasteiger partial charge is 0.416 e. The van der Waals surface area contributed by atoms with Gasteiger partial charge in [0.25, 0.3) is 5.56 Å². The maximum absolute atomic E-state index is 13.5. The highest BCUT2D eigenvalue weighted by Crippen LogP contribution is 2.32. The number of aromatic nitrogens is 2. The van der Waals surface area contributed by atoms with Gasteiger partial charge in [-0.2, -0.15) is 13.2 Å². The summed E-state index contributed by atoms with van der Waals surface area (Å²) in [5.41, 5.74) is -0.767. The van der Waals surface area contributed by atoms with E-state index in [1.54, 1.807) is 0 Å². The summed E-state index contributed by atoms with van der Waals surface area (Å²) in [5, 5.41) is 2.74. The number of carbonyl (C=O) groups is 1. The molecule has 1 N–H and O–H groups in total. The Labute approximate surface area is 175 Å². The third-order valence-electron chi connectivity index (χ3n) is 4.76. The van der Waals surface area contributed by atoms with Gasteiger partial charge < -0.3 is 5.32 Å². The first-order valence-corrected chi connectivity index (χ1v) is 9.66. The van der Waals surface area contributed by atoms with Crippen molar-refractivity contribution in [1.82, 2.24) is 14.9 Å². The van der Waals surface area contributed by atoms with Crippen LogP contribution >= 0.6 is 0 Å². The lowest BCUT2D eigenvalue weighted by atomic mass is 9.95. The Kier molecular flexibility index (Phi) is 6.42. The number of rotatable bonds is 6. The molecule has 0 aliphatic carbocycles. The molecule has 0 aliphatic heterocycles. The summed E-state index contributed by atoms with van der Waals surface area (Å²) in [5.74, 6) is -1.08. The van der Waals surface area contributed by atoms with Gasteiger partial charge in [-0.25, -0.2) is 9.37 Å². The SMILES string of the molecule is CC(C)CC(NC(=O)Cn1cnc2ccc(F)cc2c1=O)c1cccc(C(F)(F)F)c1. The fourth-order valence-corrected chi connectivity index (χ4v) is 3.32. The summed E-state index contributed by atoms with van der Waals surface area (Å²) in [4.78, 5) is 29.2. The van der Waals surface area contributed by atoms with Crippen LogP contribution in [-0.4, -0.2) is 15.5 Å². The Morgan fingerprint density at radius 3 is 2.58 bits per heavy atom. The highest BCUT2D eigenvalue weighted by Gasteiger charge is 2.31. The van der Waals surface area contributed by atoms with Crippen LogP contribution in [0.15, 0.2) is 53.6 Å². The molecule has 0 fully saturated rings. The summed E-state index contributed by atoms with van der Waals surface area (Å²) >= 11 is 0. The predicted molar refractivity (Wildman–Crippen MR) is 108 cm³/mol. The normalized spacial score (nSPS) is 12.9. The first-order chi connectivity index (χ1) is 14.5. The molecule has 9 heteroatoms. The van der Waals surface area contributed by atoms with Gasteiger partial charge in [0, 0.05) is 0 Å². The molecule has 0 saturated heterocycles. The molecular formula is C22H21F4N3O2. The van der Waals surface area contributed by atoms with Gasteiger partial charge >= 0.3 is 6.18 Å². The van der Waals surface area contributed by atoms with Crippen molar-refractivity contribution in [2.75, 3.05) is 0 Å². The van der Waals surface area contributed by atoms with E-state index in [0.717, 1.165) is 22.8 Å². The van der Waals surface area contributed by atoms with Crippen molar-refractivity contribution in [1.29, 1.82) is 0 Å². The Morgan fingerprint density at radius 2 is 1.90 bits per heavy atom. The van der Waals surface area contributed by atoms with Crippen LogP contribution in [0.2, 0.25) is 0 Å². The van der Waals surface area contributed by atoms with E-state index in [4.69, 9.17) is 0 Å². The molecular weight excluding hydrogens is 414 g/mol. The highest BCUT2D eigenvalue weighted by molar-refractivity contribution is 5.79. The van der Waals surface area contributed by atoms with Gasteiger partial charge in [-0.05, 0) is 48.2 Å². The van der Waals surface area contributed by atoms with Crippen LogP contribution < -0.4 is 10.9 Å². The standard InChI is InChI=1S/C22H21F4N3O2/c1-13(2)8-19(14-4-3-5-15(9-14)22(24,25)26)28-20(30)11-29-12-27-18-7-6-16(23)10-17(18)21(29)31/h3-7,9-10,12-13,19H,8,11H2,1-2H3,(H,28,30). The van der Waals surface area contributed by atoms with E-state index in [-0.39, 0.29) is 11.3 Å². The second-order valence-corrected chi connectivity index (χ2v) is 7.71. The summed E-state index contributed by atoms with van der Waals surface area (Å²) in [7, 11) is 0. The van der Waals surface area contributed by atoms with Crippen molar-refractivity contribution in [2.45, 2.75) is 39.0 Å². The van der Waals surface area contributed by atoms with E-state index in [1.807, 2.05) is 13.8 Å². The zero-order valence-electron chi connectivity index (χ0n) is 16.9. The maximum Gasteiger partial charge on any atom is 0.416 e. The number of nitrogens with zero attached hydrogens (tertiary/aromatic N) is 2. The molecule has 2 aromatic carbocycles. The predicted octanol–water partition coefficient (Wildman–Crippen LogP) is 4.46. The smallest absolute Gasteiger partial charge is 0.348 e. The molecule has 1 heterocycles. The first-order valence-electron chi connectivity index (χ1n) is 9.66. The fourth-order valence-electron chi connectivity index (χ4n) is 3.32. The minimum absolute atomic E-state index is 0.0342. The Bertz CT molecular complexity index is 1160. The van der Waals surface area contributed by atoms with Crippen LogP contribution in [0.1, 0.15) is 37.4 Å². The van der Waals surface area contributed by atoms with E-state index < -0.39 is 41.6 Å². The molecule has 31 heavy (non-hydrogen) atoms. The number of hydrogen-bond donors (Lipinski definition) is 1. The third kappa shape index (κ3) is 5.48. The van der Waals surface area contributed by atoms with Crippen LogP contribution in [0.5, 0.6) is 0 Å². The summed E-state index contributed by atoms with van der Waals surface area (Å²) in [6, 6.07) is 7.72. The molecule has 1 atom stereocenters. The molecule has 0 spiro atoms. The molecule has 0 aliphatic rings. The molecule has 0 radical (unpaired) electrons. The van der Waals surface area contributed by atoms with Crippen molar-refractivity contribution < 1.29 is 22.4 Å². The zero-order chi connectivity index (χ0) is 22.8. The Hall–Kier alpha value is -3.23. The number of carbonyl (C=O) groups excluding carboxylic acids is 1. The molecule has 3 aromatic rings. The van der Waals surface area contributed by atoms with Crippen molar-refractivity contribution in [3.05, 3.63) is 76.1 Å². The summed E-state index contributed by atoms with van der Waals surface area (Å²) < 4.78 is 53.8. The topological polar surface area (TPSA) is 64.0 Å². The van der Waals surface area contributed by atoms with Crippen LogP contribution in [-0.2, 0) is 17.5 Å². The number of fused-ring (bicyclic) bond motifs is 1. The lowest BCUT2D eigenvalue weighted by molar-refractivity contribution is -0.137. The quantitative estimate of drug-likeness (QED) is 0.582. The zero-order valence-corrected chi connectivity index (χ0v) is 16.9. The first kappa shape index (κ1) is 22.5. The van der Waals surface area contributed by atoms with E-state index >= 15 is 0 Å². The van der Waals surface area contributed by atoms with Crippen molar-refractivity contribution in [3.8, 4) is 0 Å². The lowest BCUT2D eigenvalue weighted by Gasteiger charge is -2.22. The van der Waals surface area contributed by atoms with E-state index in [9.17, 15) is 27.2 Å². The van der Waals surface area contributed by atoms with E-state index in [1.165, 1.54) is 30.6 Å². The van der Waals surface area contributed by atoms with E-state index in [2.05, 4.69) is 10.3 Å². The van der Waals surface area contributed by atoms with Gasteiger partial charge in [0.15, 0.2) is 0 Å². The second-order valence-electron chi connectivity index (χ2n) is 7.71. The number of halogens is 4. The van der Waals surface area contributed by atoms with Crippen molar-refractivity contribution in [2.24, 2.45) is 5.92 Å². The molecule has 3 rings (SSSR count). The Balaban J connectivity index is 1.84. The molecule has 1 amide bonds. The van der Waals surface area contributed by atoms with Gasteiger partial charge in [0.1, 0.15) is 12.4 Å². The number of amides is 1. The monoisotopic (exact) mass is 435 g/mol. The van der Waals surface area contributed by atoms with Crippen LogP contribution in [0, 0.1) is 11.7 Å². The molecule has 0 saturated carbocycles. The third-order valence-corrected chi connectivity index (χ3v) is 4.76. The summed E-state index contributed by atoms with van der Waals surface area (Å²) in [6.07, 6.45) is -2.91. The van der Waals surface area contributed by atoms with Gasteiger partial charge in [0.2, 0.25) is 5.91 Å². The Morgan fingerprint density at radius 1 is 1.16 bits per heavy atom. The van der Waals surface area contributed by atoms with E-state index in [0.29, 0.717) is 17.5 Å². The lowest BCUT2D eigenvalue weighted by Crippen LogP contribution is -2.35.